The number of anilines is 1. The first-order chi connectivity index (χ1) is 6.65. The molecule has 0 saturated heterocycles. The van der Waals surface area contributed by atoms with Crippen LogP contribution in [0.1, 0.15) is 6.42 Å². The van der Waals surface area contributed by atoms with Gasteiger partial charge in [0.1, 0.15) is 0 Å². The SMILES string of the molecule is CN(CCC#N)c1ccc(Br)cc1Cl. The molecule has 0 atom stereocenters. The van der Waals surface area contributed by atoms with Gasteiger partial charge >= 0.3 is 0 Å². The monoisotopic (exact) mass is 272 g/mol. The highest BCUT2D eigenvalue weighted by Gasteiger charge is 2.05. The second kappa shape index (κ2) is 5.23. The Morgan fingerprint density at radius 1 is 1.57 bits per heavy atom. The fourth-order valence-corrected chi connectivity index (χ4v) is 1.95. The van der Waals surface area contributed by atoms with E-state index in [-0.39, 0.29) is 0 Å². The van der Waals surface area contributed by atoms with Crippen molar-refractivity contribution >= 4 is 33.2 Å². The maximum Gasteiger partial charge on any atom is 0.0650 e. The van der Waals surface area contributed by atoms with Crippen molar-refractivity contribution in [3.63, 3.8) is 0 Å². The first-order valence-electron chi connectivity index (χ1n) is 4.18. The smallest absolute Gasteiger partial charge is 0.0650 e. The van der Waals surface area contributed by atoms with Crippen LogP contribution in [0.15, 0.2) is 22.7 Å². The molecular weight excluding hydrogens is 263 g/mol. The number of hydrogen-bond acceptors (Lipinski definition) is 2. The van der Waals surface area contributed by atoms with Gasteiger partial charge in [0.2, 0.25) is 0 Å². The van der Waals surface area contributed by atoms with Crippen molar-refractivity contribution in [1.82, 2.24) is 0 Å². The molecule has 1 rings (SSSR count). The molecule has 0 aromatic heterocycles. The molecule has 14 heavy (non-hydrogen) atoms. The predicted molar refractivity (Wildman–Crippen MR) is 62.7 cm³/mol. The van der Waals surface area contributed by atoms with E-state index in [4.69, 9.17) is 16.9 Å². The molecule has 0 unspecified atom stereocenters. The average Bonchev–Trinajstić information content (AvgIpc) is 2.14. The molecule has 74 valence electrons. The van der Waals surface area contributed by atoms with Crippen LogP contribution in [0.5, 0.6) is 0 Å². The highest BCUT2D eigenvalue weighted by molar-refractivity contribution is 9.10. The van der Waals surface area contributed by atoms with E-state index in [1.165, 1.54) is 0 Å². The molecule has 2 nitrogen and oxygen atoms in total. The van der Waals surface area contributed by atoms with Crippen molar-refractivity contribution in [3.8, 4) is 6.07 Å². The van der Waals surface area contributed by atoms with Gasteiger partial charge in [0, 0.05) is 18.1 Å². The minimum Gasteiger partial charge on any atom is -0.372 e. The Morgan fingerprint density at radius 2 is 2.29 bits per heavy atom. The van der Waals surface area contributed by atoms with Crippen molar-refractivity contribution in [2.75, 3.05) is 18.5 Å². The zero-order chi connectivity index (χ0) is 10.6. The number of halogens is 2. The Kier molecular flexibility index (Phi) is 4.24. The Morgan fingerprint density at radius 3 is 2.86 bits per heavy atom. The third-order valence-electron chi connectivity index (χ3n) is 1.88. The fourth-order valence-electron chi connectivity index (χ4n) is 1.13. The van der Waals surface area contributed by atoms with Gasteiger partial charge in [-0.05, 0) is 18.2 Å². The van der Waals surface area contributed by atoms with Gasteiger partial charge < -0.3 is 4.90 Å². The molecule has 1 aromatic rings. The zero-order valence-corrected chi connectivity index (χ0v) is 10.1. The molecule has 0 N–H and O–H groups in total. The van der Waals surface area contributed by atoms with E-state index in [2.05, 4.69) is 22.0 Å². The third kappa shape index (κ3) is 2.90. The Labute approximate surface area is 97.2 Å². The lowest BCUT2D eigenvalue weighted by molar-refractivity contribution is 0.905. The summed E-state index contributed by atoms with van der Waals surface area (Å²) in [6.45, 7) is 0.692. The van der Waals surface area contributed by atoms with Crippen LogP contribution < -0.4 is 4.90 Å². The quantitative estimate of drug-likeness (QED) is 0.843. The Balaban J connectivity index is 2.80. The van der Waals surface area contributed by atoms with Gasteiger partial charge in [0.05, 0.1) is 23.2 Å². The second-order valence-electron chi connectivity index (χ2n) is 2.93. The molecule has 0 aliphatic rings. The summed E-state index contributed by atoms with van der Waals surface area (Å²) in [5.41, 5.74) is 0.949. The lowest BCUT2D eigenvalue weighted by Gasteiger charge is -2.19. The summed E-state index contributed by atoms with van der Waals surface area (Å²) in [5, 5.41) is 9.15. The summed E-state index contributed by atoms with van der Waals surface area (Å²) in [6.07, 6.45) is 0.503. The highest BCUT2D eigenvalue weighted by Crippen LogP contribution is 2.28. The molecule has 0 spiro atoms. The van der Waals surface area contributed by atoms with Crippen LogP contribution in [0.4, 0.5) is 5.69 Å². The van der Waals surface area contributed by atoms with Gasteiger partial charge in [-0.1, -0.05) is 27.5 Å². The fraction of sp³-hybridized carbons (Fsp3) is 0.300. The standard InChI is InChI=1S/C10H10BrClN2/c1-14(6-2-5-13)10-4-3-8(11)7-9(10)12/h3-4,7H,2,6H2,1H3. The van der Waals surface area contributed by atoms with E-state index in [0.29, 0.717) is 18.0 Å². The molecule has 0 bridgehead atoms. The topological polar surface area (TPSA) is 27.0 Å². The van der Waals surface area contributed by atoms with Gasteiger partial charge in [0.25, 0.3) is 0 Å². The molecule has 0 radical (unpaired) electrons. The molecule has 0 aliphatic heterocycles. The van der Waals surface area contributed by atoms with Crippen LogP contribution in [0.25, 0.3) is 0 Å². The van der Waals surface area contributed by atoms with Crippen molar-refractivity contribution in [3.05, 3.63) is 27.7 Å². The number of nitriles is 1. The van der Waals surface area contributed by atoms with Gasteiger partial charge in [-0.25, -0.2) is 0 Å². The maximum atomic E-state index is 8.46. The average molecular weight is 274 g/mol. The summed E-state index contributed by atoms with van der Waals surface area (Å²) >= 11 is 9.39. The van der Waals surface area contributed by atoms with E-state index >= 15 is 0 Å². The molecule has 0 fully saturated rings. The normalized spacial score (nSPS) is 9.57. The van der Waals surface area contributed by atoms with Gasteiger partial charge in [-0.15, -0.1) is 0 Å². The number of nitrogens with zero attached hydrogens (tertiary/aromatic N) is 2. The maximum absolute atomic E-state index is 8.46. The molecule has 1 aromatic carbocycles. The van der Waals surface area contributed by atoms with Gasteiger partial charge in [0.15, 0.2) is 0 Å². The van der Waals surface area contributed by atoms with Crippen molar-refractivity contribution in [2.45, 2.75) is 6.42 Å². The molecule has 0 heterocycles. The van der Waals surface area contributed by atoms with Crippen LogP contribution in [-0.4, -0.2) is 13.6 Å². The molecule has 4 heteroatoms. The van der Waals surface area contributed by atoms with E-state index in [0.717, 1.165) is 10.2 Å². The summed E-state index contributed by atoms with van der Waals surface area (Å²) in [4.78, 5) is 1.97. The lowest BCUT2D eigenvalue weighted by atomic mass is 10.3. The molecule has 0 aliphatic carbocycles. The van der Waals surface area contributed by atoms with E-state index in [1.54, 1.807) is 0 Å². The second-order valence-corrected chi connectivity index (χ2v) is 4.25. The predicted octanol–water partition coefficient (Wildman–Crippen LogP) is 3.45. The Bertz CT molecular complexity index is 360. The van der Waals surface area contributed by atoms with Crippen molar-refractivity contribution < 1.29 is 0 Å². The number of rotatable bonds is 3. The first-order valence-corrected chi connectivity index (χ1v) is 5.35. The largest absolute Gasteiger partial charge is 0.372 e. The van der Waals surface area contributed by atoms with E-state index in [1.807, 2.05) is 30.1 Å². The molecule has 0 amide bonds. The van der Waals surface area contributed by atoms with Crippen LogP contribution >= 0.6 is 27.5 Å². The van der Waals surface area contributed by atoms with Crippen LogP contribution in [0.3, 0.4) is 0 Å². The number of benzene rings is 1. The number of hydrogen-bond donors (Lipinski definition) is 0. The van der Waals surface area contributed by atoms with Crippen LogP contribution in [0.2, 0.25) is 5.02 Å². The zero-order valence-electron chi connectivity index (χ0n) is 7.80. The minimum atomic E-state index is 0.503. The van der Waals surface area contributed by atoms with Crippen LogP contribution in [-0.2, 0) is 0 Å². The van der Waals surface area contributed by atoms with Crippen molar-refractivity contribution in [2.24, 2.45) is 0 Å². The summed E-state index contributed by atoms with van der Waals surface area (Å²) in [7, 11) is 1.92. The Hall–Kier alpha value is -0.720. The third-order valence-corrected chi connectivity index (χ3v) is 2.68. The van der Waals surface area contributed by atoms with Crippen LogP contribution in [0, 0.1) is 11.3 Å². The summed E-state index contributed by atoms with van der Waals surface area (Å²) in [6, 6.07) is 7.82. The molecular formula is C10H10BrClN2. The van der Waals surface area contributed by atoms with E-state index < -0.39 is 0 Å². The molecule has 0 saturated carbocycles. The van der Waals surface area contributed by atoms with Gasteiger partial charge in [-0.3, -0.25) is 0 Å². The summed E-state index contributed by atoms with van der Waals surface area (Å²) in [5.74, 6) is 0. The summed E-state index contributed by atoms with van der Waals surface area (Å²) < 4.78 is 0.958. The lowest BCUT2D eigenvalue weighted by Crippen LogP contribution is -2.18. The first kappa shape index (κ1) is 11.4. The van der Waals surface area contributed by atoms with Gasteiger partial charge in [-0.2, -0.15) is 5.26 Å². The highest BCUT2D eigenvalue weighted by atomic mass is 79.9. The van der Waals surface area contributed by atoms with Crippen molar-refractivity contribution in [1.29, 1.82) is 5.26 Å². The van der Waals surface area contributed by atoms with E-state index in [9.17, 15) is 0 Å². The minimum absolute atomic E-state index is 0.503.